The van der Waals surface area contributed by atoms with Crippen molar-refractivity contribution in [2.75, 3.05) is 6.61 Å². The van der Waals surface area contributed by atoms with Gasteiger partial charge in [-0.25, -0.2) is 4.68 Å². The van der Waals surface area contributed by atoms with E-state index in [0.717, 1.165) is 16.0 Å². The number of carbonyl (C=O) groups excluding carboxylic acids is 1. The van der Waals surface area contributed by atoms with Crippen LogP contribution in [0.15, 0.2) is 29.1 Å². The Morgan fingerprint density at radius 3 is 2.96 bits per heavy atom. The van der Waals surface area contributed by atoms with Gasteiger partial charge in [-0.2, -0.15) is 10.4 Å². The van der Waals surface area contributed by atoms with Crippen molar-refractivity contribution in [3.8, 4) is 11.8 Å². The molecule has 1 aliphatic heterocycles. The minimum Gasteiger partial charge on any atom is -0.493 e. The van der Waals surface area contributed by atoms with Gasteiger partial charge in [0.1, 0.15) is 23.9 Å². The van der Waals surface area contributed by atoms with E-state index in [-0.39, 0.29) is 24.1 Å². The molecule has 0 fully saturated rings. The van der Waals surface area contributed by atoms with E-state index in [1.807, 2.05) is 30.3 Å². The predicted molar refractivity (Wildman–Crippen MR) is 90.1 cm³/mol. The molecule has 0 saturated carbocycles. The lowest BCUT2D eigenvalue weighted by molar-refractivity contribution is -0.122. The van der Waals surface area contributed by atoms with Gasteiger partial charge in [-0.3, -0.25) is 9.59 Å². The summed E-state index contributed by atoms with van der Waals surface area (Å²) in [6.07, 6.45) is 0.654. The number of rotatable bonds is 3. The van der Waals surface area contributed by atoms with Gasteiger partial charge in [-0.1, -0.05) is 18.2 Å². The van der Waals surface area contributed by atoms with E-state index in [4.69, 9.17) is 10.00 Å². The highest BCUT2D eigenvalue weighted by Crippen LogP contribution is 2.31. The monoisotopic (exact) mass is 338 g/mol. The molecule has 1 aromatic heterocycles. The van der Waals surface area contributed by atoms with Gasteiger partial charge in [0, 0.05) is 12.0 Å². The highest BCUT2D eigenvalue weighted by molar-refractivity contribution is 5.76. The molecular weight excluding hydrogens is 320 g/mol. The van der Waals surface area contributed by atoms with Crippen molar-refractivity contribution in [1.29, 1.82) is 5.26 Å². The van der Waals surface area contributed by atoms with Crippen LogP contribution in [-0.2, 0) is 11.3 Å². The molecule has 2 aromatic rings. The second-order valence-corrected chi connectivity index (χ2v) is 5.96. The minimum absolute atomic E-state index is 0.0247. The Morgan fingerprint density at radius 2 is 2.20 bits per heavy atom. The summed E-state index contributed by atoms with van der Waals surface area (Å²) in [4.78, 5) is 24.7. The van der Waals surface area contributed by atoms with Gasteiger partial charge in [0.15, 0.2) is 0 Å². The Kier molecular flexibility index (Phi) is 4.52. The smallest absolute Gasteiger partial charge is 0.285 e. The fraction of sp³-hybridized carbons (Fsp3) is 0.333. The van der Waals surface area contributed by atoms with Crippen LogP contribution in [0.3, 0.4) is 0 Å². The van der Waals surface area contributed by atoms with Gasteiger partial charge in [-0.05, 0) is 25.5 Å². The van der Waals surface area contributed by atoms with Crippen LogP contribution in [-0.4, -0.2) is 22.3 Å². The Balaban J connectivity index is 1.80. The van der Waals surface area contributed by atoms with E-state index >= 15 is 0 Å². The van der Waals surface area contributed by atoms with Gasteiger partial charge in [-0.15, -0.1) is 0 Å². The number of aryl methyl sites for hydroxylation is 1. The first-order valence-corrected chi connectivity index (χ1v) is 8.00. The zero-order valence-corrected chi connectivity index (χ0v) is 14.1. The van der Waals surface area contributed by atoms with Crippen LogP contribution in [0.4, 0.5) is 0 Å². The number of benzene rings is 1. The molecule has 1 aromatic carbocycles. The quantitative estimate of drug-likeness (QED) is 0.912. The molecule has 1 N–H and O–H groups in total. The van der Waals surface area contributed by atoms with Crippen molar-refractivity contribution < 1.29 is 9.53 Å². The first kappa shape index (κ1) is 16.7. The number of nitrogens with one attached hydrogen (secondary N) is 1. The second-order valence-electron chi connectivity index (χ2n) is 5.96. The van der Waals surface area contributed by atoms with E-state index in [2.05, 4.69) is 10.4 Å². The Hall–Kier alpha value is -3.14. The summed E-state index contributed by atoms with van der Waals surface area (Å²) in [5, 5.41) is 16.2. The summed E-state index contributed by atoms with van der Waals surface area (Å²) in [5.74, 6) is 0.427. The molecule has 0 spiro atoms. The standard InChI is InChI=1S/C18H18N4O3/c1-11-12(2)21-22(18(24)14(11)9-19)10-17(23)20-15-7-8-25-16-6-4-3-5-13(15)16/h3-6,15H,7-8,10H2,1-2H3,(H,20,23). The number of carbonyl (C=O) groups is 1. The number of hydrogen-bond acceptors (Lipinski definition) is 5. The first-order valence-electron chi connectivity index (χ1n) is 8.00. The molecule has 1 aliphatic rings. The molecule has 7 heteroatoms. The summed E-state index contributed by atoms with van der Waals surface area (Å²) < 4.78 is 6.62. The summed E-state index contributed by atoms with van der Waals surface area (Å²) in [6.45, 7) is 3.67. The largest absolute Gasteiger partial charge is 0.493 e. The number of aromatic nitrogens is 2. The van der Waals surface area contributed by atoms with Crippen molar-refractivity contribution in [1.82, 2.24) is 15.1 Å². The highest BCUT2D eigenvalue weighted by atomic mass is 16.5. The minimum atomic E-state index is -0.548. The van der Waals surface area contributed by atoms with Crippen LogP contribution < -0.4 is 15.6 Å². The van der Waals surface area contributed by atoms with Crippen molar-refractivity contribution in [2.24, 2.45) is 0 Å². The van der Waals surface area contributed by atoms with E-state index in [1.54, 1.807) is 13.8 Å². The maximum absolute atomic E-state index is 12.4. The number of nitriles is 1. The van der Waals surface area contributed by atoms with Crippen LogP contribution in [0.25, 0.3) is 0 Å². The fourth-order valence-corrected chi connectivity index (χ4v) is 2.88. The van der Waals surface area contributed by atoms with Crippen molar-refractivity contribution in [2.45, 2.75) is 32.9 Å². The SMILES string of the molecule is Cc1nn(CC(=O)NC2CCOc3ccccc32)c(=O)c(C#N)c1C. The molecule has 128 valence electrons. The maximum atomic E-state index is 12.4. The number of fused-ring (bicyclic) bond motifs is 1. The van der Waals surface area contributed by atoms with E-state index in [9.17, 15) is 9.59 Å². The van der Waals surface area contributed by atoms with E-state index in [0.29, 0.717) is 24.3 Å². The second kappa shape index (κ2) is 6.77. The zero-order chi connectivity index (χ0) is 18.0. The summed E-state index contributed by atoms with van der Waals surface area (Å²) in [7, 11) is 0. The summed E-state index contributed by atoms with van der Waals surface area (Å²) >= 11 is 0. The topological polar surface area (TPSA) is 97.0 Å². The Labute approximate surface area is 144 Å². The lowest BCUT2D eigenvalue weighted by Crippen LogP contribution is -2.38. The van der Waals surface area contributed by atoms with Gasteiger partial charge in [0.05, 0.1) is 18.3 Å². The molecule has 3 rings (SSSR count). The van der Waals surface area contributed by atoms with Gasteiger partial charge < -0.3 is 10.1 Å². The van der Waals surface area contributed by atoms with Crippen molar-refractivity contribution >= 4 is 5.91 Å². The third-order valence-electron chi connectivity index (χ3n) is 4.34. The van der Waals surface area contributed by atoms with Crippen LogP contribution in [0.5, 0.6) is 5.75 Å². The number of para-hydroxylation sites is 1. The average Bonchev–Trinajstić information content (AvgIpc) is 2.60. The molecule has 0 saturated heterocycles. The molecule has 1 atom stereocenters. The molecule has 0 aliphatic carbocycles. The third kappa shape index (κ3) is 3.24. The van der Waals surface area contributed by atoms with Crippen molar-refractivity contribution in [3.63, 3.8) is 0 Å². The van der Waals surface area contributed by atoms with E-state index in [1.165, 1.54) is 0 Å². The van der Waals surface area contributed by atoms with Crippen LogP contribution in [0.1, 0.15) is 34.8 Å². The number of hydrogen-bond donors (Lipinski definition) is 1. The third-order valence-corrected chi connectivity index (χ3v) is 4.34. The molecule has 0 bridgehead atoms. The maximum Gasteiger partial charge on any atom is 0.285 e. The number of amides is 1. The van der Waals surface area contributed by atoms with Crippen LogP contribution in [0.2, 0.25) is 0 Å². The number of nitrogens with zero attached hydrogens (tertiary/aromatic N) is 3. The van der Waals surface area contributed by atoms with E-state index < -0.39 is 5.56 Å². The molecule has 7 nitrogen and oxygen atoms in total. The average molecular weight is 338 g/mol. The van der Waals surface area contributed by atoms with Gasteiger partial charge >= 0.3 is 0 Å². The number of ether oxygens (including phenoxy) is 1. The zero-order valence-electron chi connectivity index (χ0n) is 14.1. The molecular formula is C18H18N4O3. The lowest BCUT2D eigenvalue weighted by atomic mass is 10.0. The molecule has 25 heavy (non-hydrogen) atoms. The molecule has 1 unspecified atom stereocenters. The Bertz CT molecular complexity index is 927. The molecule has 0 radical (unpaired) electrons. The molecule has 2 heterocycles. The predicted octanol–water partition coefficient (Wildman–Crippen LogP) is 1.37. The fourth-order valence-electron chi connectivity index (χ4n) is 2.88. The van der Waals surface area contributed by atoms with Crippen LogP contribution in [0, 0.1) is 25.2 Å². The Morgan fingerprint density at radius 1 is 1.44 bits per heavy atom. The van der Waals surface area contributed by atoms with Gasteiger partial charge in [0.2, 0.25) is 5.91 Å². The highest BCUT2D eigenvalue weighted by Gasteiger charge is 2.23. The van der Waals surface area contributed by atoms with Crippen LogP contribution >= 0.6 is 0 Å². The first-order chi connectivity index (χ1) is 12.0. The van der Waals surface area contributed by atoms with Gasteiger partial charge in [0.25, 0.3) is 5.56 Å². The molecule has 1 amide bonds. The summed E-state index contributed by atoms with van der Waals surface area (Å²) in [6, 6.07) is 9.26. The lowest BCUT2D eigenvalue weighted by Gasteiger charge is -2.26. The normalized spacial score (nSPS) is 15.6. The summed E-state index contributed by atoms with van der Waals surface area (Å²) in [5.41, 5.74) is 1.49. The van der Waals surface area contributed by atoms with Crippen molar-refractivity contribution in [3.05, 3.63) is 57.0 Å².